The van der Waals surface area contributed by atoms with Crippen LogP contribution in [0.25, 0.3) is 0 Å². The zero-order valence-corrected chi connectivity index (χ0v) is 58.1. The molecule has 0 bridgehead atoms. The fraction of sp³-hybridized carbons (Fsp3) is 0.955. The van der Waals surface area contributed by atoms with Crippen LogP contribution in [0.4, 0.5) is 0 Å². The number of rotatable bonds is 19. The Morgan fingerprint density at radius 3 is 1.52 bits per heavy atom. The molecule has 39 atom stereocenters. The molecule has 16 N–H and O–H groups in total. The van der Waals surface area contributed by atoms with E-state index in [4.69, 9.17) is 75.8 Å². The highest BCUT2D eigenvalue weighted by Crippen LogP contribution is 2.76. The number of hydrogen-bond donors (Lipinski definition) is 16. The van der Waals surface area contributed by atoms with Crippen molar-refractivity contribution >= 4 is 5.97 Å². The van der Waals surface area contributed by atoms with E-state index in [1.54, 1.807) is 0 Å². The lowest BCUT2D eigenvalue weighted by Gasteiger charge is -2.64. The fourth-order valence-electron chi connectivity index (χ4n) is 20.0. The van der Waals surface area contributed by atoms with Crippen LogP contribution in [0.3, 0.4) is 0 Å². The number of carbonyl (C=O) groups excluding carboxylic acids is 1. The fourth-order valence-corrected chi connectivity index (χ4v) is 20.0. The van der Waals surface area contributed by atoms with E-state index in [0.29, 0.717) is 38.5 Å². The number of fused-ring (bicyclic) bond motifs is 4. The van der Waals surface area contributed by atoms with E-state index >= 15 is 0 Å². The van der Waals surface area contributed by atoms with Gasteiger partial charge in [0.2, 0.25) is 0 Å². The smallest absolute Gasteiger partial charge is 0.316 e. The minimum Gasteiger partial charge on any atom is -0.456 e. The zero-order valence-electron chi connectivity index (χ0n) is 58.1. The van der Waals surface area contributed by atoms with Gasteiger partial charge in [-0.1, -0.05) is 39.3 Å². The van der Waals surface area contributed by atoms with Gasteiger partial charge in [-0.25, -0.2) is 0 Å². The number of allylic oxidation sites excluding steroid dienone is 1. The molecule has 100 heavy (non-hydrogen) atoms. The average molecular weight is 1440 g/mol. The van der Waals surface area contributed by atoms with Crippen LogP contribution in [0.2, 0.25) is 0 Å². The molecule has 1 spiro atoms. The van der Waals surface area contributed by atoms with E-state index in [0.717, 1.165) is 18.4 Å². The summed E-state index contributed by atoms with van der Waals surface area (Å²) in [5.41, 5.74) is -3.31. The van der Waals surface area contributed by atoms with Gasteiger partial charge < -0.3 is 157 Å². The van der Waals surface area contributed by atoms with Crippen molar-refractivity contribution in [1.29, 1.82) is 0 Å². The van der Waals surface area contributed by atoms with E-state index in [2.05, 4.69) is 27.7 Å². The maximum absolute atomic E-state index is 14.8. The second-order valence-corrected chi connectivity index (χ2v) is 31.7. The van der Waals surface area contributed by atoms with Crippen molar-refractivity contribution in [3.63, 3.8) is 0 Å². The van der Waals surface area contributed by atoms with Gasteiger partial charge in [-0.2, -0.15) is 0 Å². The minimum atomic E-state index is -2.08. The Morgan fingerprint density at radius 1 is 0.470 bits per heavy atom. The highest BCUT2D eigenvalue weighted by molar-refractivity contribution is 5.84. The monoisotopic (exact) mass is 1440 g/mol. The molecule has 8 saturated heterocycles. The summed E-state index contributed by atoms with van der Waals surface area (Å²) in [7, 11) is 2.37. The molecule has 3 saturated carbocycles. The van der Waals surface area contributed by atoms with Crippen molar-refractivity contribution in [2.24, 2.45) is 39.4 Å². The number of cyclic esters (lactones) is 1. The number of aliphatic hydroxyl groups excluding tert-OH is 16. The molecule has 33 nitrogen and oxygen atoms in total. The van der Waals surface area contributed by atoms with Gasteiger partial charge >= 0.3 is 5.97 Å². The first-order chi connectivity index (χ1) is 47.2. The summed E-state index contributed by atoms with van der Waals surface area (Å²) < 4.78 is 96.8. The van der Waals surface area contributed by atoms with Crippen molar-refractivity contribution in [1.82, 2.24) is 0 Å². The van der Waals surface area contributed by atoms with Crippen LogP contribution in [0.15, 0.2) is 11.6 Å². The third kappa shape index (κ3) is 12.7. The summed E-state index contributed by atoms with van der Waals surface area (Å²) >= 11 is 0. The van der Waals surface area contributed by atoms with Gasteiger partial charge in [-0.3, -0.25) is 4.79 Å². The van der Waals surface area contributed by atoms with E-state index < -0.39 is 251 Å². The molecule has 8 heterocycles. The summed E-state index contributed by atoms with van der Waals surface area (Å²) in [6.07, 6.45) is -43.9. The summed E-state index contributed by atoms with van der Waals surface area (Å²) in [5, 5.41) is 180. The lowest BCUT2D eigenvalue weighted by atomic mass is 9.40. The van der Waals surface area contributed by atoms with E-state index in [1.807, 2.05) is 26.8 Å². The average Bonchev–Trinajstić information content (AvgIpc) is 1.45. The van der Waals surface area contributed by atoms with E-state index in [1.165, 1.54) is 21.1 Å². The van der Waals surface area contributed by atoms with Crippen LogP contribution in [0.5, 0.6) is 0 Å². The predicted molar refractivity (Wildman–Crippen MR) is 331 cm³/mol. The minimum absolute atomic E-state index is 0.0751. The number of ether oxygens (including phenoxy) is 16. The molecule has 0 aromatic carbocycles. The number of esters is 1. The third-order valence-corrected chi connectivity index (χ3v) is 25.5. The molecule has 8 aliphatic heterocycles. The van der Waals surface area contributed by atoms with Gasteiger partial charge in [0.15, 0.2) is 37.7 Å². The van der Waals surface area contributed by atoms with Gasteiger partial charge in [0.1, 0.15) is 145 Å². The van der Waals surface area contributed by atoms with Gasteiger partial charge in [-0.05, 0) is 107 Å². The molecule has 12 aliphatic rings. The van der Waals surface area contributed by atoms with E-state index in [-0.39, 0.29) is 35.4 Å². The van der Waals surface area contributed by atoms with Gasteiger partial charge in [-0.15, -0.1) is 0 Å². The number of aliphatic hydroxyl groups is 16. The van der Waals surface area contributed by atoms with Crippen molar-refractivity contribution in [2.75, 3.05) is 47.3 Å². The molecule has 1 unspecified atom stereocenters. The molecule has 0 aromatic heterocycles. The van der Waals surface area contributed by atoms with Crippen LogP contribution in [-0.4, -0.2) is 343 Å². The molecule has 11 fully saturated rings. The predicted octanol–water partition coefficient (Wildman–Crippen LogP) is -4.90. The Morgan fingerprint density at radius 2 is 0.970 bits per heavy atom. The standard InChI is InChI=1S/C67H108O33/c1-25-49(95-59-48(83)53(40(75)30(22-70)91-59)97-58-47(82)52(86-10)39(74)29(21-69)90-58)42(77)44(79)55(88-25)98-54-41(76)32(93-56-45(80)43(78)50(31(23-71)92-56)96-57-46(81)51(85-9)38(73)28(20-68)89-57)24-87-60(54)94-36-15-17-64(6)27-19-35(72)67-34(66(8,100-61(67)84)37-14-16-62(2,3)99-37)13-18-65(67,7)26(27)11-12-33(64)63(36,4)5/h19,25-26,28-60,68-83H,11-18,20-24H2,1-10H3/t25-,26-,28-,29-,30-,31-,32-,33+,34-,35-,36+,37?,38-,39-,40-,41+,42-,43-,44-,45-,46-,47-,48-,49-,50-,51+,52+,53+,54-,55+,56+,57+,58+,59+,60+,64-,65+,66-,67+/m1/s1. The van der Waals surface area contributed by atoms with Gasteiger partial charge in [0.25, 0.3) is 0 Å². The number of methoxy groups -OCH3 is 2. The van der Waals surface area contributed by atoms with Crippen LogP contribution in [0.1, 0.15) is 107 Å². The van der Waals surface area contributed by atoms with Gasteiger partial charge in [0, 0.05) is 20.1 Å². The molecule has 33 heteroatoms. The Labute approximate surface area is 579 Å². The second kappa shape index (κ2) is 29.2. The van der Waals surface area contributed by atoms with Crippen molar-refractivity contribution in [3.8, 4) is 0 Å². The van der Waals surface area contributed by atoms with Crippen molar-refractivity contribution in [3.05, 3.63) is 11.6 Å². The van der Waals surface area contributed by atoms with E-state index in [9.17, 15) is 86.5 Å². The summed E-state index contributed by atoms with van der Waals surface area (Å²) in [6.45, 7) is 12.2. The first kappa shape index (κ1) is 77.6. The quantitative estimate of drug-likeness (QED) is 0.0327. The summed E-state index contributed by atoms with van der Waals surface area (Å²) in [6, 6.07) is 0. The highest BCUT2D eigenvalue weighted by atomic mass is 16.8. The number of hydrogen-bond acceptors (Lipinski definition) is 33. The molecule has 0 radical (unpaired) electrons. The molecule has 0 aromatic rings. The van der Waals surface area contributed by atoms with Crippen molar-refractivity contribution < 1.29 is 162 Å². The third-order valence-electron chi connectivity index (χ3n) is 25.5. The Balaban J connectivity index is 0.781. The van der Waals surface area contributed by atoms with Crippen LogP contribution >= 0.6 is 0 Å². The Bertz CT molecular complexity index is 2840. The zero-order chi connectivity index (χ0) is 72.6. The lowest BCUT2D eigenvalue weighted by molar-refractivity contribution is -0.397. The van der Waals surface area contributed by atoms with Crippen molar-refractivity contribution in [2.45, 2.75) is 314 Å². The Kier molecular flexibility index (Phi) is 22.6. The molecular weight excluding hydrogens is 1330 g/mol. The largest absolute Gasteiger partial charge is 0.456 e. The Hall–Kier alpha value is -2.03. The van der Waals surface area contributed by atoms with Crippen LogP contribution in [0, 0.1) is 39.4 Å². The number of carbonyl (C=O) groups is 1. The van der Waals surface area contributed by atoms with Crippen LogP contribution < -0.4 is 0 Å². The SMILES string of the molecule is CO[C@@H]1[C@@H](O)[C@H](O[C@@H]2[C@@H](O)[C@H](O[C@H]3[C@H](O)[C@@H](O)[C@H](O[C@H]4[C@H](O[C@H]5CC[C@]6(C)C7=C[C@@H](O)[C@]89C(=O)O[C@@](C)(C%10CCC(C)(C)O%10)[C@H]8CC[C@@]9(C)[C@@H]7CC[C@H]6C5(C)C)OC[C@@H](O[C@@H]5O[C@H](CO)[C@@H](O[C@@H]6O[C@H](CO)[C@@H](O)[C@H](OC)[C@H]6O)[C@H](O)[C@H]5O)[C@@H]4O)O[C@@H]3C)O[C@H](CO)[C@H]2O)O[C@H](CO)[C@H]1O. The highest BCUT2D eigenvalue weighted by Gasteiger charge is 2.80. The van der Waals surface area contributed by atoms with Gasteiger partial charge in [0.05, 0.1) is 63.1 Å². The topological polar surface area (TPSA) is 488 Å². The molecule has 12 rings (SSSR count). The first-order valence-corrected chi connectivity index (χ1v) is 35.3. The lowest BCUT2D eigenvalue weighted by Crippen LogP contribution is -2.67. The first-order valence-electron chi connectivity index (χ1n) is 35.3. The normalized spacial score (nSPS) is 54.5. The second-order valence-electron chi connectivity index (χ2n) is 31.7. The molecule has 0 amide bonds. The van der Waals surface area contributed by atoms with Crippen LogP contribution in [-0.2, 0) is 80.6 Å². The molecular formula is C67H108O33. The molecule has 4 aliphatic carbocycles. The summed E-state index contributed by atoms with van der Waals surface area (Å²) in [4.78, 5) is 14.8. The molecule has 574 valence electrons. The maximum Gasteiger partial charge on any atom is 0.316 e. The summed E-state index contributed by atoms with van der Waals surface area (Å²) in [5.74, 6) is -0.850. The maximum atomic E-state index is 14.8.